The molecule has 4 aliphatic heterocycles. The number of benzene rings is 2. The van der Waals surface area contributed by atoms with Crippen LogP contribution in [0.4, 0.5) is 18.4 Å². The number of fused-ring (bicyclic) bond motifs is 2. The lowest BCUT2D eigenvalue weighted by atomic mass is 9.89. The van der Waals surface area contributed by atoms with Crippen molar-refractivity contribution in [3.63, 3.8) is 0 Å². The SMILES string of the molecule is CC(C)(C)OC(=O)N1CCC([C@@H]2Cc3cc(-c4ccc(CS(C)(=O)=O)cc4F)ncc3O2)CC1.CC(C)(C)OC(=O)N1CCC([C@H]2Cc3cc(-c4ccc(CS(C)(=O)=O)cc4F)ncc3O2)CC1. The molecule has 2 fully saturated rings. The highest BCUT2D eigenvalue weighted by atomic mass is 32.2. The van der Waals surface area contributed by atoms with Crippen molar-refractivity contribution in [2.24, 2.45) is 11.8 Å². The summed E-state index contributed by atoms with van der Waals surface area (Å²) >= 11 is 0. The maximum atomic E-state index is 14.7. The summed E-state index contributed by atoms with van der Waals surface area (Å²) in [6.07, 6.45) is 9.66. The summed E-state index contributed by atoms with van der Waals surface area (Å²) in [5.74, 6) is 0.615. The Bertz CT molecular complexity index is 2560. The van der Waals surface area contributed by atoms with Crippen LogP contribution < -0.4 is 9.47 Å². The second kappa shape index (κ2) is 19.9. The lowest BCUT2D eigenvalue weighted by molar-refractivity contribution is 0.0115. The fraction of sp³-hybridized carbons (Fsp3) is 0.520. The van der Waals surface area contributed by atoms with Gasteiger partial charge in [0.25, 0.3) is 0 Å². The minimum atomic E-state index is -3.24. The number of halogens is 2. The molecule has 2 aromatic carbocycles. The summed E-state index contributed by atoms with van der Waals surface area (Å²) in [7, 11) is -6.48. The molecule has 4 aliphatic rings. The molecule has 6 heterocycles. The van der Waals surface area contributed by atoms with Crippen LogP contribution in [-0.2, 0) is 53.5 Å². The Hall–Kier alpha value is -5.36. The third-order valence-electron chi connectivity index (χ3n) is 12.2. The van der Waals surface area contributed by atoms with Crippen LogP contribution in [0.3, 0.4) is 0 Å². The molecule has 0 spiro atoms. The van der Waals surface area contributed by atoms with Crippen molar-refractivity contribution in [3.8, 4) is 34.0 Å². The number of hydrogen-bond acceptors (Lipinski definition) is 12. The zero-order chi connectivity index (χ0) is 49.3. The Morgan fingerprint density at radius 1 is 0.618 bits per heavy atom. The second-order valence-corrected chi connectivity index (χ2v) is 24.7. The van der Waals surface area contributed by atoms with Crippen molar-refractivity contribution in [1.29, 1.82) is 0 Å². The maximum Gasteiger partial charge on any atom is 0.410 e. The number of aromatic nitrogens is 2. The number of nitrogens with zero attached hydrogens (tertiary/aromatic N) is 4. The molecule has 8 rings (SSSR count). The molecule has 68 heavy (non-hydrogen) atoms. The lowest BCUT2D eigenvalue weighted by Gasteiger charge is -2.35. The molecule has 368 valence electrons. The number of rotatable bonds is 8. The zero-order valence-corrected chi connectivity index (χ0v) is 41.6. The molecular formula is C50H62F2N4O10S2. The first-order valence-electron chi connectivity index (χ1n) is 23.0. The van der Waals surface area contributed by atoms with E-state index < -0.39 is 42.5 Å². The monoisotopic (exact) mass is 980 g/mol. The van der Waals surface area contributed by atoms with E-state index in [1.165, 1.54) is 12.1 Å². The molecule has 0 N–H and O–H groups in total. The summed E-state index contributed by atoms with van der Waals surface area (Å²) < 4.78 is 98.7. The summed E-state index contributed by atoms with van der Waals surface area (Å²) in [6.45, 7) is 13.7. The average Bonchev–Trinajstić information content (AvgIpc) is 3.86. The van der Waals surface area contributed by atoms with Crippen molar-refractivity contribution in [3.05, 3.63) is 94.8 Å². The highest BCUT2D eigenvalue weighted by Crippen LogP contribution is 2.39. The number of carbonyl (C=O) groups excluding carboxylic acids is 2. The molecule has 0 bridgehead atoms. The average molecular weight is 981 g/mol. The van der Waals surface area contributed by atoms with Gasteiger partial charge in [-0.3, -0.25) is 9.97 Å². The van der Waals surface area contributed by atoms with Crippen LogP contribution >= 0.6 is 0 Å². The molecule has 0 radical (unpaired) electrons. The van der Waals surface area contributed by atoms with Crippen molar-refractivity contribution < 1.29 is 54.2 Å². The number of piperidine rings is 2. The van der Waals surface area contributed by atoms with Gasteiger partial charge in [0, 0.05) is 73.8 Å². The van der Waals surface area contributed by atoms with E-state index in [0.29, 0.717) is 96.0 Å². The number of ether oxygens (including phenoxy) is 4. The third kappa shape index (κ3) is 13.4. The smallest absolute Gasteiger partial charge is 0.410 e. The van der Waals surface area contributed by atoms with Crippen LogP contribution in [0.2, 0.25) is 0 Å². The van der Waals surface area contributed by atoms with E-state index in [0.717, 1.165) is 49.3 Å². The second-order valence-electron chi connectivity index (χ2n) is 20.5. The van der Waals surface area contributed by atoms with Gasteiger partial charge in [-0.15, -0.1) is 0 Å². The van der Waals surface area contributed by atoms with E-state index >= 15 is 0 Å². The molecule has 2 atom stereocenters. The summed E-state index contributed by atoms with van der Waals surface area (Å²) in [6, 6.07) is 12.6. The first-order valence-corrected chi connectivity index (χ1v) is 27.1. The number of sulfone groups is 2. The van der Waals surface area contributed by atoms with Crippen molar-refractivity contribution in [1.82, 2.24) is 19.8 Å². The van der Waals surface area contributed by atoms with Gasteiger partial charge in [0.1, 0.15) is 46.5 Å². The van der Waals surface area contributed by atoms with Crippen LogP contribution in [0.25, 0.3) is 22.5 Å². The molecule has 18 heteroatoms. The van der Waals surface area contributed by atoms with Crippen LogP contribution in [0.5, 0.6) is 11.5 Å². The van der Waals surface area contributed by atoms with E-state index in [-0.39, 0.29) is 35.9 Å². The Morgan fingerprint density at radius 3 is 1.28 bits per heavy atom. The van der Waals surface area contributed by atoms with Crippen LogP contribution in [0, 0.1) is 23.5 Å². The number of likely N-dealkylation sites (tertiary alicyclic amines) is 2. The maximum absolute atomic E-state index is 14.7. The predicted molar refractivity (Wildman–Crippen MR) is 254 cm³/mol. The summed E-state index contributed by atoms with van der Waals surface area (Å²) in [5.41, 5.74) is 3.39. The van der Waals surface area contributed by atoms with Gasteiger partial charge in [0.05, 0.1) is 35.3 Å². The van der Waals surface area contributed by atoms with E-state index in [1.54, 1.807) is 46.5 Å². The zero-order valence-electron chi connectivity index (χ0n) is 40.0. The van der Waals surface area contributed by atoms with Crippen LogP contribution in [0.1, 0.15) is 89.5 Å². The lowest BCUT2D eigenvalue weighted by Crippen LogP contribution is -2.44. The largest absolute Gasteiger partial charge is 0.488 e. The molecule has 0 unspecified atom stereocenters. The number of carbonyl (C=O) groups is 2. The molecule has 2 amide bonds. The summed E-state index contributed by atoms with van der Waals surface area (Å²) in [4.78, 5) is 36.9. The van der Waals surface area contributed by atoms with Crippen molar-refractivity contribution >= 4 is 31.9 Å². The van der Waals surface area contributed by atoms with Gasteiger partial charge in [-0.2, -0.15) is 0 Å². The van der Waals surface area contributed by atoms with Gasteiger partial charge in [-0.1, -0.05) is 12.1 Å². The number of pyridine rings is 2. The fourth-order valence-corrected chi connectivity index (χ4v) is 10.6. The summed E-state index contributed by atoms with van der Waals surface area (Å²) in [5, 5.41) is 0. The van der Waals surface area contributed by atoms with Gasteiger partial charge in [-0.05, 0) is 127 Å². The quantitative estimate of drug-likeness (QED) is 0.165. The molecule has 4 aromatic rings. The number of hydrogen-bond donors (Lipinski definition) is 0. The van der Waals surface area contributed by atoms with Crippen molar-refractivity contribution in [2.45, 2.75) is 115 Å². The standard InChI is InChI=1S/2C25H31FN2O5S/c2*1-25(2,3)33-24(29)28-9-7-17(8-10-28)22-13-18-12-21(27-14-23(18)32-22)19-6-5-16(11-20(19)26)15-34(4,30)31/h2*5-6,11-12,14,17,22H,7-10,13,15H2,1-4H3/t2*22-/m10/s1. The first kappa shape index (κ1) is 50.5. The third-order valence-corrected chi connectivity index (χ3v) is 13.9. The molecule has 0 saturated carbocycles. The normalized spacial score (nSPS) is 19.0. The molecule has 14 nitrogen and oxygen atoms in total. The van der Waals surface area contributed by atoms with Gasteiger partial charge in [0.2, 0.25) is 0 Å². The van der Waals surface area contributed by atoms with Crippen molar-refractivity contribution in [2.75, 3.05) is 38.7 Å². The van der Waals surface area contributed by atoms with Gasteiger partial charge < -0.3 is 28.7 Å². The van der Waals surface area contributed by atoms with E-state index in [1.807, 2.05) is 53.7 Å². The highest BCUT2D eigenvalue weighted by Gasteiger charge is 2.37. The van der Waals surface area contributed by atoms with Crippen LogP contribution in [0.15, 0.2) is 60.9 Å². The number of amides is 2. The van der Waals surface area contributed by atoms with Crippen LogP contribution in [-0.4, -0.2) is 111 Å². The highest BCUT2D eigenvalue weighted by molar-refractivity contribution is 7.90. The van der Waals surface area contributed by atoms with Gasteiger partial charge >= 0.3 is 12.2 Å². The Labute approximate surface area is 398 Å². The minimum Gasteiger partial charge on any atom is -0.488 e. The Morgan fingerprint density at radius 2 is 0.971 bits per heavy atom. The Balaban J connectivity index is 0.000000201. The molecule has 2 aromatic heterocycles. The topological polar surface area (TPSA) is 172 Å². The molecular weight excluding hydrogens is 919 g/mol. The fourth-order valence-electron chi connectivity index (χ4n) is 9.04. The van der Waals surface area contributed by atoms with Gasteiger partial charge in [-0.25, -0.2) is 35.2 Å². The van der Waals surface area contributed by atoms with E-state index in [9.17, 15) is 35.2 Å². The predicted octanol–water partition coefficient (Wildman–Crippen LogP) is 8.77. The minimum absolute atomic E-state index is 0.00480. The van der Waals surface area contributed by atoms with Gasteiger partial charge in [0.15, 0.2) is 19.7 Å². The first-order chi connectivity index (χ1) is 31.8. The molecule has 2 saturated heterocycles. The molecule has 0 aliphatic carbocycles. The van der Waals surface area contributed by atoms with E-state index in [4.69, 9.17) is 18.9 Å². The van der Waals surface area contributed by atoms with E-state index in [2.05, 4.69) is 9.97 Å². The Kier molecular flexibility index (Phi) is 14.8.